The topological polar surface area (TPSA) is 32.3 Å². The smallest absolute Gasteiger partial charge is 0.244 e. The normalized spacial score (nSPS) is 27.4. The number of anilines is 1. The first-order valence-corrected chi connectivity index (χ1v) is 7.44. The van der Waals surface area contributed by atoms with Gasteiger partial charge in [0.05, 0.1) is 6.04 Å². The second-order valence-corrected chi connectivity index (χ2v) is 6.22. The highest BCUT2D eigenvalue weighted by atomic mass is 16.2. The van der Waals surface area contributed by atoms with Gasteiger partial charge in [-0.1, -0.05) is 24.6 Å². The molecule has 1 aromatic carbocycles. The molecule has 3 heteroatoms. The molecule has 2 aliphatic heterocycles. The number of piperidine rings is 1. The lowest BCUT2D eigenvalue weighted by atomic mass is 9.99. The molecule has 3 nitrogen and oxygen atoms in total. The number of nitrogens with one attached hydrogen (secondary N) is 1. The van der Waals surface area contributed by atoms with E-state index in [-0.39, 0.29) is 11.9 Å². The average molecular weight is 256 g/mol. The molecule has 1 spiro atoms. The zero-order valence-electron chi connectivity index (χ0n) is 11.2. The molecule has 100 valence electrons. The van der Waals surface area contributed by atoms with Crippen molar-refractivity contribution in [3.05, 3.63) is 29.8 Å². The fourth-order valence-corrected chi connectivity index (χ4v) is 3.66. The van der Waals surface area contributed by atoms with Crippen LogP contribution in [-0.2, 0) is 10.2 Å². The Morgan fingerprint density at radius 2 is 2.11 bits per heavy atom. The second kappa shape index (κ2) is 4.07. The number of para-hydroxylation sites is 1. The van der Waals surface area contributed by atoms with Gasteiger partial charge >= 0.3 is 0 Å². The molecule has 1 saturated carbocycles. The number of hydrogen-bond donors (Lipinski definition) is 1. The Hall–Kier alpha value is -1.35. The Kier molecular flexibility index (Phi) is 2.46. The Morgan fingerprint density at radius 3 is 2.84 bits per heavy atom. The van der Waals surface area contributed by atoms with Crippen LogP contribution in [0.1, 0.15) is 37.7 Å². The molecule has 3 aliphatic rings. The fraction of sp³-hybridized carbons (Fsp3) is 0.562. The van der Waals surface area contributed by atoms with Gasteiger partial charge < -0.3 is 10.2 Å². The van der Waals surface area contributed by atoms with Crippen LogP contribution in [0.15, 0.2) is 24.3 Å². The molecule has 0 radical (unpaired) electrons. The van der Waals surface area contributed by atoms with Gasteiger partial charge in [0.25, 0.3) is 0 Å². The van der Waals surface area contributed by atoms with Crippen LogP contribution in [0.4, 0.5) is 5.69 Å². The van der Waals surface area contributed by atoms with E-state index in [1.807, 2.05) is 4.90 Å². The molecule has 1 amide bonds. The van der Waals surface area contributed by atoms with Crippen molar-refractivity contribution in [1.82, 2.24) is 5.32 Å². The Bertz CT molecular complexity index is 515. The van der Waals surface area contributed by atoms with E-state index in [1.165, 1.54) is 31.2 Å². The summed E-state index contributed by atoms with van der Waals surface area (Å²) < 4.78 is 0. The number of benzene rings is 1. The molecule has 1 N–H and O–H groups in total. The van der Waals surface area contributed by atoms with Crippen LogP contribution in [0, 0.1) is 0 Å². The van der Waals surface area contributed by atoms with E-state index in [0.29, 0.717) is 5.41 Å². The van der Waals surface area contributed by atoms with E-state index in [4.69, 9.17) is 0 Å². The number of amides is 1. The number of carbonyl (C=O) groups excluding carboxylic acids is 1. The SMILES string of the molecule is O=C(C1CCCCN1)N1CC2(CC2)c2ccccc21. The van der Waals surface area contributed by atoms with Gasteiger partial charge in [-0.15, -0.1) is 0 Å². The summed E-state index contributed by atoms with van der Waals surface area (Å²) in [6.45, 7) is 1.89. The van der Waals surface area contributed by atoms with Crippen LogP contribution >= 0.6 is 0 Å². The van der Waals surface area contributed by atoms with Gasteiger partial charge in [0, 0.05) is 17.6 Å². The molecule has 1 unspecified atom stereocenters. The second-order valence-electron chi connectivity index (χ2n) is 6.22. The van der Waals surface area contributed by atoms with Crippen LogP contribution in [0.5, 0.6) is 0 Å². The number of rotatable bonds is 1. The van der Waals surface area contributed by atoms with E-state index >= 15 is 0 Å². The molecular formula is C16H20N2O. The number of hydrogen-bond acceptors (Lipinski definition) is 2. The molecule has 0 aromatic heterocycles. The predicted molar refractivity (Wildman–Crippen MR) is 75.3 cm³/mol. The maximum Gasteiger partial charge on any atom is 0.244 e. The highest BCUT2D eigenvalue weighted by molar-refractivity contribution is 6.00. The first-order chi connectivity index (χ1) is 9.30. The average Bonchev–Trinajstić information content (AvgIpc) is 3.18. The van der Waals surface area contributed by atoms with E-state index < -0.39 is 0 Å². The highest BCUT2D eigenvalue weighted by Gasteiger charge is 2.53. The molecule has 1 aromatic rings. The molecule has 19 heavy (non-hydrogen) atoms. The first kappa shape index (κ1) is 11.5. The van der Waals surface area contributed by atoms with Crippen molar-refractivity contribution in [3.63, 3.8) is 0 Å². The molecule has 0 bridgehead atoms. The van der Waals surface area contributed by atoms with Crippen molar-refractivity contribution in [3.8, 4) is 0 Å². The monoisotopic (exact) mass is 256 g/mol. The van der Waals surface area contributed by atoms with Crippen LogP contribution in [0.3, 0.4) is 0 Å². The van der Waals surface area contributed by atoms with Crippen molar-refractivity contribution in [2.24, 2.45) is 0 Å². The van der Waals surface area contributed by atoms with Gasteiger partial charge in [-0.05, 0) is 43.9 Å². The minimum Gasteiger partial charge on any atom is -0.310 e. The summed E-state index contributed by atoms with van der Waals surface area (Å²) in [5, 5.41) is 3.38. The largest absolute Gasteiger partial charge is 0.310 e. The summed E-state index contributed by atoms with van der Waals surface area (Å²) >= 11 is 0. The third-order valence-corrected chi connectivity index (χ3v) is 4.95. The van der Waals surface area contributed by atoms with Gasteiger partial charge in [-0.3, -0.25) is 4.79 Å². The number of fused-ring (bicyclic) bond motifs is 2. The molecule has 2 heterocycles. The summed E-state index contributed by atoms with van der Waals surface area (Å²) in [6.07, 6.45) is 5.84. The summed E-state index contributed by atoms with van der Waals surface area (Å²) in [4.78, 5) is 14.8. The maximum atomic E-state index is 12.7. The van der Waals surface area contributed by atoms with Gasteiger partial charge in [-0.25, -0.2) is 0 Å². The van der Waals surface area contributed by atoms with Gasteiger partial charge in [0.2, 0.25) is 5.91 Å². The lowest BCUT2D eigenvalue weighted by Gasteiger charge is -2.28. The molecule has 4 rings (SSSR count). The number of carbonyl (C=O) groups is 1. The van der Waals surface area contributed by atoms with Gasteiger partial charge in [-0.2, -0.15) is 0 Å². The van der Waals surface area contributed by atoms with E-state index in [0.717, 1.165) is 25.2 Å². The van der Waals surface area contributed by atoms with Crippen LogP contribution < -0.4 is 10.2 Å². The quantitative estimate of drug-likeness (QED) is 0.835. The lowest BCUT2D eigenvalue weighted by molar-refractivity contribution is -0.121. The lowest BCUT2D eigenvalue weighted by Crippen LogP contribution is -2.48. The van der Waals surface area contributed by atoms with Crippen molar-refractivity contribution < 1.29 is 4.79 Å². The van der Waals surface area contributed by atoms with Crippen molar-refractivity contribution in [1.29, 1.82) is 0 Å². The molecule has 1 saturated heterocycles. The predicted octanol–water partition coefficient (Wildman–Crippen LogP) is 2.21. The van der Waals surface area contributed by atoms with Crippen LogP contribution in [0.25, 0.3) is 0 Å². The fourth-order valence-electron chi connectivity index (χ4n) is 3.66. The van der Waals surface area contributed by atoms with Crippen LogP contribution in [-0.4, -0.2) is 25.0 Å². The van der Waals surface area contributed by atoms with Crippen molar-refractivity contribution in [2.75, 3.05) is 18.0 Å². The molecule has 1 atom stereocenters. The van der Waals surface area contributed by atoms with E-state index in [9.17, 15) is 4.79 Å². The zero-order valence-corrected chi connectivity index (χ0v) is 11.2. The van der Waals surface area contributed by atoms with Crippen molar-refractivity contribution in [2.45, 2.75) is 43.6 Å². The van der Waals surface area contributed by atoms with E-state index in [2.05, 4.69) is 29.6 Å². The summed E-state index contributed by atoms with van der Waals surface area (Å²) in [5.41, 5.74) is 2.87. The maximum absolute atomic E-state index is 12.7. The van der Waals surface area contributed by atoms with Crippen molar-refractivity contribution >= 4 is 11.6 Å². The summed E-state index contributed by atoms with van der Waals surface area (Å²) in [6, 6.07) is 8.52. The standard InChI is InChI=1S/C16H20N2O/c19-15(13-6-3-4-10-17-13)18-11-16(8-9-16)12-5-1-2-7-14(12)18/h1-2,5,7,13,17H,3-4,6,8-11H2. The third-order valence-electron chi connectivity index (χ3n) is 4.95. The Balaban J connectivity index is 1.64. The Labute approximate surface area is 114 Å². The Morgan fingerprint density at radius 1 is 1.26 bits per heavy atom. The van der Waals surface area contributed by atoms with Crippen LogP contribution in [0.2, 0.25) is 0 Å². The van der Waals surface area contributed by atoms with E-state index in [1.54, 1.807) is 0 Å². The van der Waals surface area contributed by atoms with Gasteiger partial charge in [0.1, 0.15) is 0 Å². The van der Waals surface area contributed by atoms with Gasteiger partial charge in [0.15, 0.2) is 0 Å². The summed E-state index contributed by atoms with van der Waals surface area (Å²) in [5.74, 6) is 0.288. The molecular weight excluding hydrogens is 236 g/mol. The molecule has 2 fully saturated rings. The molecule has 1 aliphatic carbocycles. The minimum atomic E-state index is 0.0377. The minimum absolute atomic E-state index is 0.0377. The first-order valence-electron chi connectivity index (χ1n) is 7.44. The highest BCUT2D eigenvalue weighted by Crippen LogP contribution is 2.56. The zero-order chi connectivity index (χ0) is 12.9. The summed E-state index contributed by atoms with van der Waals surface area (Å²) in [7, 11) is 0. The third kappa shape index (κ3) is 1.71. The number of nitrogens with zero attached hydrogens (tertiary/aromatic N) is 1.